The molecule has 2 N–H and O–H groups in total. The predicted molar refractivity (Wildman–Crippen MR) is 128 cm³/mol. The van der Waals surface area contributed by atoms with E-state index in [0.717, 1.165) is 6.07 Å². The monoisotopic (exact) mass is 576 g/mol. The summed E-state index contributed by atoms with van der Waals surface area (Å²) in [6.07, 6.45) is -0.768. The fraction of sp³-hybridized carbons (Fsp3) is 0.318. The molecule has 0 spiro atoms. The van der Waals surface area contributed by atoms with Crippen molar-refractivity contribution in [3.63, 3.8) is 0 Å². The van der Waals surface area contributed by atoms with E-state index in [1.807, 2.05) is 22.6 Å². The summed E-state index contributed by atoms with van der Waals surface area (Å²) in [5.74, 6) is -1.82. The first-order chi connectivity index (χ1) is 14.8. The molecule has 10 heteroatoms. The van der Waals surface area contributed by atoms with Crippen molar-refractivity contribution in [2.24, 2.45) is 0 Å². The summed E-state index contributed by atoms with van der Waals surface area (Å²) in [5.41, 5.74) is -0.998. The van der Waals surface area contributed by atoms with Crippen molar-refractivity contribution in [3.8, 4) is 5.75 Å². The molecular formula is C22H23ClFIN2O5. The molecule has 0 aliphatic carbocycles. The van der Waals surface area contributed by atoms with Crippen LogP contribution >= 0.6 is 34.2 Å². The number of methoxy groups -OCH3 is 1. The first-order valence-corrected chi connectivity index (χ1v) is 11.0. The molecule has 0 heterocycles. The highest BCUT2D eigenvalue weighted by atomic mass is 127. The van der Waals surface area contributed by atoms with Crippen molar-refractivity contribution >= 4 is 57.7 Å². The number of benzene rings is 2. The molecule has 0 bridgehead atoms. The third-order valence-electron chi connectivity index (χ3n) is 4.12. The molecule has 1 atom stereocenters. The van der Waals surface area contributed by atoms with Gasteiger partial charge in [0.25, 0.3) is 0 Å². The Morgan fingerprint density at radius 3 is 2.41 bits per heavy atom. The molecule has 2 aromatic rings. The number of nitrogens with one attached hydrogen (secondary N) is 2. The lowest BCUT2D eigenvalue weighted by atomic mass is 10.0. The average molecular weight is 577 g/mol. The summed E-state index contributed by atoms with van der Waals surface area (Å²) in [6.45, 7) is 6.54. The molecule has 2 amide bonds. The summed E-state index contributed by atoms with van der Waals surface area (Å²) in [6, 6.07) is 5.85. The number of anilines is 1. The third kappa shape index (κ3) is 6.55. The van der Waals surface area contributed by atoms with Crippen LogP contribution in [0, 0.1) is 9.39 Å². The lowest BCUT2D eigenvalue weighted by Gasteiger charge is -2.22. The molecule has 0 aromatic heterocycles. The molecule has 7 nitrogen and oxygen atoms in total. The van der Waals surface area contributed by atoms with Crippen LogP contribution in [0.1, 0.15) is 43.6 Å². The van der Waals surface area contributed by atoms with E-state index in [2.05, 4.69) is 10.6 Å². The standard InChI is InChI=1S/C22H23ClFIN2O5/c1-11(26-21(30)32-22(2,3)4)20(29)27-16-9-8-15(25)18(23)17(16)19(28)13-10-12(31-5)6-7-14(13)24/h6-11H,1-5H3,(H,26,30)(H,27,29). The van der Waals surface area contributed by atoms with Gasteiger partial charge >= 0.3 is 6.09 Å². The molecule has 2 aromatic carbocycles. The fourth-order valence-corrected chi connectivity index (χ4v) is 3.31. The van der Waals surface area contributed by atoms with Crippen molar-refractivity contribution < 1.29 is 28.2 Å². The summed E-state index contributed by atoms with van der Waals surface area (Å²) < 4.78 is 25.2. The van der Waals surface area contributed by atoms with Crippen molar-refractivity contribution in [1.82, 2.24) is 5.32 Å². The van der Waals surface area contributed by atoms with Gasteiger partial charge in [-0.3, -0.25) is 9.59 Å². The van der Waals surface area contributed by atoms with Crippen LogP contribution in [0.15, 0.2) is 30.3 Å². The summed E-state index contributed by atoms with van der Waals surface area (Å²) in [4.78, 5) is 37.8. The highest BCUT2D eigenvalue weighted by Crippen LogP contribution is 2.33. The minimum Gasteiger partial charge on any atom is -0.497 e. The van der Waals surface area contributed by atoms with Crippen LogP contribution < -0.4 is 15.4 Å². The second-order valence-electron chi connectivity index (χ2n) is 7.82. The van der Waals surface area contributed by atoms with Crippen molar-refractivity contribution in [1.29, 1.82) is 0 Å². The van der Waals surface area contributed by atoms with Crippen molar-refractivity contribution in [3.05, 3.63) is 55.9 Å². The van der Waals surface area contributed by atoms with Crippen LogP contribution in [0.5, 0.6) is 5.75 Å². The average Bonchev–Trinajstić information content (AvgIpc) is 2.69. The maximum absolute atomic E-state index is 14.4. The van der Waals surface area contributed by atoms with E-state index in [4.69, 9.17) is 21.1 Å². The van der Waals surface area contributed by atoms with Gasteiger partial charge in [0.15, 0.2) is 5.78 Å². The Morgan fingerprint density at radius 2 is 1.81 bits per heavy atom. The maximum atomic E-state index is 14.4. The van der Waals surface area contributed by atoms with Crippen LogP contribution in [0.3, 0.4) is 0 Å². The van der Waals surface area contributed by atoms with E-state index in [1.165, 1.54) is 32.2 Å². The van der Waals surface area contributed by atoms with Gasteiger partial charge in [-0.2, -0.15) is 0 Å². The molecular weight excluding hydrogens is 554 g/mol. The van der Waals surface area contributed by atoms with E-state index in [-0.39, 0.29) is 27.6 Å². The number of amides is 2. The molecule has 0 fully saturated rings. The highest BCUT2D eigenvalue weighted by molar-refractivity contribution is 14.1. The van der Waals surface area contributed by atoms with E-state index in [9.17, 15) is 18.8 Å². The van der Waals surface area contributed by atoms with Gasteiger partial charge in [-0.1, -0.05) is 11.6 Å². The van der Waals surface area contributed by atoms with Gasteiger partial charge in [-0.05, 0) is 80.6 Å². The maximum Gasteiger partial charge on any atom is 0.408 e. The zero-order valence-corrected chi connectivity index (χ0v) is 21.1. The van der Waals surface area contributed by atoms with Crippen LogP contribution in [-0.4, -0.2) is 36.5 Å². The minimum absolute atomic E-state index is 0.0587. The fourth-order valence-electron chi connectivity index (χ4n) is 2.61. The van der Waals surface area contributed by atoms with E-state index in [0.29, 0.717) is 3.57 Å². The molecule has 172 valence electrons. The first kappa shape index (κ1) is 25.9. The number of rotatable bonds is 6. The SMILES string of the molecule is COc1ccc(F)c(C(=O)c2c(NC(=O)C(C)NC(=O)OC(C)(C)C)ccc(I)c2Cl)c1. The largest absolute Gasteiger partial charge is 0.497 e. The third-order valence-corrected chi connectivity index (χ3v) is 5.73. The highest BCUT2D eigenvalue weighted by Gasteiger charge is 2.26. The van der Waals surface area contributed by atoms with Crippen LogP contribution in [0.25, 0.3) is 0 Å². The molecule has 1 unspecified atom stereocenters. The Labute approximate surface area is 204 Å². The van der Waals surface area contributed by atoms with Crippen molar-refractivity contribution in [2.75, 3.05) is 12.4 Å². The van der Waals surface area contributed by atoms with Gasteiger partial charge in [0.05, 0.1) is 28.9 Å². The Hall–Kier alpha value is -2.40. The summed E-state index contributed by atoms with van der Waals surface area (Å²) in [5, 5.41) is 5.05. The Morgan fingerprint density at radius 1 is 1.16 bits per heavy atom. The normalized spacial score (nSPS) is 12.0. The molecule has 0 saturated heterocycles. The molecule has 0 aliphatic heterocycles. The predicted octanol–water partition coefficient (Wildman–Crippen LogP) is 5.18. The molecule has 0 aliphatic rings. The lowest BCUT2D eigenvalue weighted by Crippen LogP contribution is -2.44. The Bertz CT molecular complexity index is 1060. The Kier molecular flexibility index (Phi) is 8.47. The lowest BCUT2D eigenvalue weighted by molar-refractivity contribution is -0.117. The van der Waals surface area contributed by atoms with Gasteiger partial charge in [0.2, 0.25) is 5.91 Å². The number of hydrogen-bond acceptors (Lipinski definition) is 5. The van der Waals surface area contributed by atoms with Crippen LogP contribution in [0.2, 0.25) is 5.02 Å². The Balaban J connectivity index is 2.35. The number of carbonyl (C=O) groups is 3. The molecule has 2 rings (SSSR count). The number of hydrogen-bond donors (Lipinski definition) is 2. The molecule has 32 heavy (non-hydrogen) atoms. The van der Waals surface area contributed by atoms with Gasteiger partial charge in [-0.25, -0.2) is 9.18 Å². The van der Waals surface area contributed by atoms with Gasteiger partial charge in [-0.15, -0.1) is 0 Å². The quantitative estimate of drug-likeness (QED) is 0.365. The van der Waals surface area contributed by atoms with Crippen LogP contribution in [0.4, 0.5) is 14.9 Å². The zero-order chi connectivity index (χ0) is 24.2. The summed E-state index contributed by atoms with van der Waals surface area (Å²) in [7, 11) is 1.39. The van der Waals surface area contributed by atoms with Gasteiger partial charge in [0, 0.05) is 3.57 Å². The van der Waals surface area contributed by atoms with Crippen LogP contribution in [-0.2, 0) is 9.53 Å². The number of carbonyl (C=O) groups excluding carboxylic acids is 3. The molecule has 0 saturated carbocycles. The van der Waals surface area contributed by atoms with Gasteiger partial charge in [0.1, 0.15) is 23.2 Å². The summed E-state index contributed by atoms with van der Waals surface area (Å²) >= 11 is 8.29. The van der Waals surface area contributed by atoms with Crippen molar-refractivity contribution in [2.45, 2.75) is 39.3 Å². The second-order valence-corrected chi connectivity index (χ2v) is 9.36. The van der Waals surface area contributed by atoms with E-state index >= 15 is 0 Å². The number of ether oxygens (including phenoxy) is 2. The number of ketones is 1. The van der Waals surface area contributed by atoms with E-state index in [1.54, 1.807) is 26.8 Å². The van der Waals surface area contributed by atoms with Gasteiger partial charge < -0.3 is 20.1 Å². The minimum atomic E-state index is -0.987. The number of halogens is 3. The zero-order valence-electron chi connectivity index (χ0n) is 18.1. The molecule has 0 radical (unpaired) electrons. The second kappa shape index (κ2) is 10.5. The first-order valence-electron chi connectivity index (χ1n) is 9.50. The number of alkyl carbamates (subject to hydrolysis) is 1. The van der Waals surface area contributed by atoms with E-state index < -0.39 is 35.2 Å². The topological polar surface area (TPSA) is 93.7 Å². The smallest absolute Gasteiger partial charge is 0.408 e.